The second-order valence-electron chi connectivity index (χ2n) is 7.62. The minimum absolute atomic E-state index is 0.231. The van der Waals surface area contributed by atoms with Gasteiger partial charge in [0.1, 0.15) is 6.26 Å². The molecular formula is C22H23N5O3. The van der Waals surface area contributed by atoms with Crippen LogP contribution in [0.25, 0.3) is 33.9 Å². The second-order valence-corrected chi connectivity index (χ2v) is 7.62. The number of aryl methyl sites for hydroxylation is 1. The Labute approximate surface area is 173 Å². The molecule has 3 aromatic heterocycles. The summed E-state index contributed by atoms with van der Waals surface area (Å²) >= 11 is 0. The quantitative estimate of drug-likeness (QED) is 0.496. The van der Waals surface area contributed by atoms with Crippen molar-refractivity contribution < 1.29 is 13.7 Å². The fraction of sp³-hybridized carbons (Fsp3) is 0.364. The Morgan fingerprint density at radius 3 is 2.73 bits per heavy atom. The van der Waals surface area contributed by atoms with Crippen LogP contribution in [0.5, 0.6) is 0 Å². The molecular weight excluding hydrogens is 382 g/mol. The molecule has 30 heavy (non-hydrogen) atoms. The van der Waals surface area contributed by atoms with Crippen molar-refractivity contribution in [2.24, 2.45) is 0 Å². The van der Waals surface area contributed by atoms with Gasteiger partial charge in [0.05, 0.1) is 29.2 Å². The highest BCUT2D eigenvalue weighted by atomic mass is 16.5. The average molecular weight is 405 g/mol. The summed E-state index contributed by atoms with van der Waals surface area (Å²) in [6.45, 7) is 2.40. The zero-order valence-electron chi connectivity index (χ0n) is 16.7. The Morgan fingerprint density at radius 2 is 1.93 bits per heavy atom. The molecule has 0 aliphatic carbocycles. The number of furan rings is 1. The van der Waals surface area contributed by atoms with E-state index in [1.807, 2.05) is 27.7 Å². The van der Waals surface area contributed by atoms with Crippen molar-refractivity contribution in [1.82, 2.24) is 24.6 Å². The summed E-state index contributed by atoms with van der Waals surface area (Å²) < 4.78 is 12.4. The number of likely N-dealkylation sites (tertiary alicyclic amines) is 1. The van der Waals surface area contributed by atoms with Crippen LogP contribution in [0.4, 0.5) is 0 Å². The van der Waals surface area contributed by atoms with Crippen molar-refractivity contribution in [3.05, 3.63) is 43.1 Å². The van der Waals surface area contributed by atoms with E-state index in [9.17, 15) is 4.79 Å². The van der Waals surface area contributed by atoms with Crippen LogP contribution in [0.15, 0.2) is 52.1 Å². The van der Waals surface area contributed by atoms with Gasteiger partial charge in [-0.05, 0) is 37.1 Å². The van der Waals surface area contributed by atoms with Crippen molar-refractivity contribution in [3.63, 3.8) is 0 Å². The van der Waals surface area contributed by atoms with Gasteiger partial charge in [-0.1, -0.05) is 18.0 Å². The molecule has 5 rings (SSSR count). The first-order chi connectivity index (χ1) is 14.8. The molecule has 0 saturated carbocycles. The van der Waals surface area contributed by atoms with Gasteiger partial charge in [-0.3, -0.25) is 4.79 Å². The van der Waals surface area contributed by atoms with Crippen molar-refractivity contribution >= 4 is 16.9 Å². The van der Waals surface area contributed by atoms with Gasteiger partial charge in [0.2, 0.25) is 11.7 Å². The minimum Gasteiger partial charge on any atom is -0.472 e. The molecule has 1 amide bonds. The van der Waals surface area contributed by atoms with Crippen molar-refractivity contribution in [2.75, 3.05) is 13.1 Å². The number of benzene rings is 1. The highest BCUT2D eigenvalue weighted by Crippen LogP contribution is 2.25. The van der Waals surface area contributed by atoms with E-state index in [-0.39, 0.29) is 5.91 Å². The number of hydrogen-bond acceptors (Lipinski definition) is 6. The highest BCUT2D eigenvalue weighted by Gasteiger charge is 2.16. The number of carbonyl (C=O) groups is 1. The van der Waals surface area contributed by atoms with Gasteiger partial charge in [-0.25, -0.2) is 4.98 Å². The monoisotopic (exact) mass is 405 g/mol. The summed E-state index contributed by atoms with van der Waals surface area (Å²) in [5.41, 5.74) is 3.39. The van der Waals surface area contributed by atoms with Gasteiger partial charge in [0.15, 0.2) is 0 Å². The number of fused-ring (bicyclic) bond motifs is 1. The van der Waals surface area contributed by atoms with E-state index in [1.165, 1.54) is 12.8 Å². The summed E-state index contributed by atoms with van der Waals surface area (Å²) in [6, 6.07) is 7.64. The van der Waals surface area contributed by atoms with Crippen LogP contribution < -0.4 is 0 Å². The summed E-state index contributed by atoms with van der Waals surface area (Å²) in [7, 11) is 0. The highest BCUT2D eigenvalue weighted by molar-refractivity contribution is 5.81. The summed E-state index contributed by atoms with van der Waals surface area (Å²) in [5, 5.41) is 4.06. The third-order valence-electron chi connectivity index (χ3n) is 5.60. The first kappa shape index (κ1) is 18.6. The number of rotatable bonds is 5. The first-order valence-electron chi connectivity index (χ1n) is 10.4. The van der Waals surface area contributed by atoms with Crippen LogP contribution >= 0.6 is 0 Å². The van der Waals surface area contributed by atoms with E-state index >= 15 is 0 Å². The van der Waals surface area contributed by atoms with Crippen LogP contribution in [0.3, 0.4) is 0 Å². The molecule has 8 nitrogen and oxygen atoms in total. The maximum atomic E-state index is 12.6. The number of imidazole rings is 1. The first-order valence-corrected chi connectivity index (χ1v) is 10.4. The molecule has 1 saturated heterocycles. The number of nitrogens with zero attached hydrogens (tertiary/aromatic N) is 5. The molecule has 1 aliphatic heterocycles. The van der Waals surface area contributed by atoms with Gasteiger partial charge in [0.25, 0.3) is 5.89 Å². The number of carbonyl (C=O) groups excluding carboxylic acids is 1. The van der Waals surface area contributed by atoms with Gasteiger partial charge < -0.3 is 18.4 Å². The molecule has 154 valence electrons. The second kappa shape index (κ2) is 8.14. The molecule has 1 fully saturated rings. The molecule has 0 bridgehead atoms. The lowest BCUT2D eigenvalue weighted by Gasteiger charge is -2.20. The maximum absolute atomic E-state index is 12.6. The molecule has 0 N–H and O–H groups in total. The van der Waals surface area contributed by atoms with Crippen molar-refractivity contribution in [2.45, 2.75) is 38.6 Å². The van der Waals surface area contributed by atoms with Crippen molar-refractivity contribution in [1.29, 1.82) is 0 Å². The lowest BCUT2D eigenvalue weighted by molar-refractivity contribution is -0.131. The molecule has 0 radical (unpaired) electrons. The normalized spacial score (nSPS) is 14.9. The Morgan fingerprint density at radius 1 is 1.07 bits per heavy atom. The smallest absolute Gasteiger partial charge is 0.261 e. The maximum Gasteiger partial charge on any atom is 0.261 e. The van der Waals surface area contributed by atoms with E-state index in [0.717, 1.165) is 48.1 Å². The fourth-order valence-electron chi connectivity index (χ4n) is 3.92. The average Bonchev–Trinajstić information content (AvgIpc) is 3.49. The van der Waals surface area contributed by atoms with E-state index in [1.54, 1.807) is 24.9 Å². The third-order valence-corrected chi connectivity index (χ3v) is 5.60. The molecule has 4 aromatic rings. The van der Waals surface area contributed by atoms with E-state index in [2.05, 4.69) is 15.1 Å². The Bertz CT molecular complexity index is 1140. The molecule has 4 heterocycles. The summed E-state index contributed by atoms with van der Waals surface area (Å²) in [5.74, 6) is 1.14. The number of aromatic nitrogens is 4. The lowest BCUT2D eigenvalue weighted by Crippen LogP contribution is -2.32. The Hall–Kier alpha value is -3.42. The summed E-state index contributed by atoms with van der Waals surface area (Å²) in [4.78, 5) is 23.5. The predicted octanol–water partition coefficient (Wildman–Crippen LogP) is 4.14. The topological polar surface area (TPSA) is 90.2 Å². The number of amides is 1. The Kier molecular flexibility index (Phi) is 5.04. The SMILES string of the molecule is O=C(CCn1cnc2cc(-c3noc(-c4ccoc4)n3)ccc21)N1CCCCCC1. The van der Waals surface area contributed by atoms with Gasteiger partial charge in [-0.2, -0.15) is 4.98 Å². The van der Waals surface area contributed by atoms with E-state index in [4.69, 9.17) is 8.94 Å². The summed E-state index contributed by atoms with van der Waals surface area (Å²) in [6.07, 6.45) is 10.1. The Balaban J connectivity index is 1.30. The predicted molar refractivity (Wildman–Crippen MR) is 110 cm³/mol. The molecule has 1 aromatic carbocycles. The zero-order chi connectivity index (χ0) is 20.3. The molecule has 0 atom stereocenters. The van der Waals surface area contributed by atoms with Crippen LogP contribution in [-0.2, 0) is 11.3 Å². The molecule has 0 unspecified atom stereocenters. The fourth-order valence-corrected chi connectivity index (χ4v) is 3.92. The third kappa shape index (κ3) is 3.72. The molecule has 0 spiro atoms. The van der Waals surface area contributed by atoms with Gasteiger partial charge in [-0.15, -0.1) is 0 Å². The lowest BCUT2D eigenvalue weighted by atomic mass is 10.2. The standard InChI is InChI=1S/C22H23N5O3/c28-20(26-9-3-1-2-4-10-26)7-11-27-15-23-18-13-16(5-6-19(18)27)21-24-22(30-25-21)17-8-12-29-14-17/h5-6,8,12-15H,1-4,7,9-11H2. The zero-order valence-corrected chi connectivity index (χ0v) is 16.7. The van der Waals surface area contributed by atoms with E-state index < -0.39 is 0 Å². The van der Waals surface area contributed by atoms with E-state index in [0.29, 0.717) is 24.7 Å². The largest absolute Gasteiger partial charge is 0.472 e. The van der Waals surface area contributed by atoms with Crippen LogP contribution in [0, 0.1) is 0 Å². The van der Waals surface area contributed by atoms with Gasteiger partial charge >= 0.3 is 0 Å². The van der Waals surface area contributed by atoms with Gasteiger partial charge in [0, 0.05) is 31.6 Å². The van der Waals surface area contributed by atoms with Crippen LogP contribution in [0.2, 0.25) is 0 Å². The molecule has 1 aliphatic rings. The minimum atomic E-state index is 0.231. The van der Waals surface area contributed by atoms with Crippen LogP contribution in [-0.4, -0.2) is 43.6 Å². The van der Waals surface area contributed by atoms with Crippen molar-refractivity contribution in [3.8, 4) is 22.8 Å². The number of hydrogen-bond donors (Lipinski definition) is 0. The molecule has 8 heteroatoms. The van der Waals surface area contributed by atoms with Crippen LogP contribution in [0.1, 0.15) is 32.1 Å².